The number of aliphatic hydroxyl groups excluding tert-OH is 2. The summed E-state index contributed by atoms with van der Waals surface area (Å²) >= 11 is 0. The topological polar surface area (TPSA) is 115 Å². The Balaban J connectivity index is -0.000000243. The molecule has 210 valence electrons. The molecule has 0 aromatic heterocycles. The first-order valence-corrected chi connectivity index (χ1v) is 13.6. The van der Waals surface area contributed by atoms with Crippen molar-refractivity contribution in [1.29, 1.82) is 0 Å². The smallest absolute Gasteiger partial charge is 0.330 e. The molecular weight excluding hydrogens is 444 g/mol. The molecule has 4 N–H and O–H groups in total. The van der Waals surface area contributed by atoms with E-state index < -0.39 is 11.9 Å². The van der Waals surface area contributed by atoms with Gasteiger partial charge in [-0.05, 0) is 13.8 Å². The van der Waals surface area contributed by atoms with Gasteiger partial charge in [-0.15, -0.1) is 0 Å². The molecule has 0 amide bonds. The van der Waals surface area contributed by atoms with E-state index in [1.807, 2.05) is 0 Å². The van der Waals surface area contributed by atoms with E-state index in [2.05, 4.69) is 27.0 Å². The van der Waals surface area contributed by atoms with Gasteiger partial charge in [0.15, 0.2) is 0 Å². The number of carboxylic acids is 2. The molecule has 0 bridgehead atoms. The summed E-state index contributed by atoms with van der Waals surface area (Å²) in [5, 5.41) is 31.0. The highest BCUT2D eigenvalue weighted by atomic mass is 16.4. The van der Waals surface area contributed by atoms with Crippen LogP contribution in [0.25, 0.3) is 0 Å². The molecule has 6 heteroatoms. The zero-order chi connectivity index (χ0) is 27.7. The molecule has 0 aliphatic heterocycles. The maximum absolute atomic E-state index is 9.60. The number of carbonyl (C=O) groups is 2. The lowest BCUT2D eigenvalue weighted by atomic mass is 10.0. The van der Waals surface area contributed by atoms with Crippen molar-refractivity contribution >= 4 is 11.9 Å². The number of unbranched alkanes of at least 4 members (excludes halogenated alkanes) is 16. The number of aliphatic carboxylic acids is 2. The van der Waals surface area contributed by atoms with E-state index in [1.165, 1.54) is 123 Å². The van der Waals surface area contributed by atoms with Crippen molar-refractivity contribution in [3.05, 3.63) is 24.3 Å². The van der Waals surface area contributed by atoms with E-state index in [4.69, 9.17) is 20.4 Å². The van der Waals surface area contributed by atoms with Gasteiger partial charge in [0.1, 0.15) is 0 Å². The minimum Gasteiger partial charge on any atom is -0.478 e. The second-order valence-electron chi connectivity index (χ2n) is 8.92. The Kier molecular flexibility index (Phi) is 42.7. The van der Waals surface area contributed by atoms with Crippen LogP contribution in [0, 0.1) is 0 Å². The molecule has 0 radical (unpaired) electrons. The first-order chi connectivity index (χ1) is 16.6. The van der Waals surface area contributed by atoms with Gasteiger partial charge in [-0.1, -0.05) is 136 Å². The summed E-state index contributed by atoms with van der Waals surface area (Å²) in [5.41, 5.74) is 0.352. The largest absolute Gasteiger partial charge is 0.478 e. The first kappa shape index (κ1) is 40.5. The van der Waals surface area contributed by atoms with Crippen molar-refractivity contribution in [2.75, 3.05) is 13.2 Å². The fourth-order valence-corrected chi connectivity index (χ4v) is 2.80. The molecule has 0 rings (SSSR count). The average molecular weight is 503 g/mol. The van der Waals surface area contributed by atoms with Crippen molar-refractivity contribution in [1.82, 2.24) is 0 Å². The molecule has 0 unspecified atom stereocenters. The van der Waals surface area contributed by atoms with Crippen LogP contribution >= 0.6 is 0 Å². The van der Waals surface area contributed by atoms with E-state index in [0.717, 1.165) is 0 Å². The van der Waals surface area contributed by atoms with Gasteiger partial charge in [-0.25, -0.2) is 9.59 Å². The molecule has 0 fully saturated rings. The van der Waals surface area contributed by atoms with E-state index in [-0.39, 0.29) is 24.4 Å². The maximum Gasteiger partial charge on any atom is 0.330 e. The minimum absolute atomic E-state index is 0.125. The minimum atomic E-state index is -0.935. The van der Waals surface area contributed by atoms with Gasteiger partial charge >= 0.3 is 11.9 Å². The van der Waals surface area contributed by atoms with Crippen LogP contribution in [0.5, 0.6) is 0 Å². The van der Waals surface area contributed by atoms with E-state index in [9.17, 15) is 9.59 Å². The molecule has 0 aliphatic rings. The molecule has 0 spiro atoms. The van der Waals surface area contributed by atoms with Crippen molar-refractivity contribution in [2.24, 2.45) is 0 Å². The Labute approximate surface area is 216 Å². The zero-order valence-corrected chi connectivity index (χ0v) is 23.5. The number of aliphatic hydroxyl groups is 2. The first-order valence-electron chi connectivity index (χ1n) is 13.6. The maximum atomic E-state index is 9.60. The van der Waals surface area contributed by atoms with E-state index in [0.29, 0.717) is 0 Å². The van der Waals surface area contributed by atoms with Gasteiger partial charge in [0, 0.05) is 11.1 Å². The number of hydrogen-bond acceptors (Lipinski definition) is 4. The number of carboxylic acid groups (broad SMARTS) is 2. The Bertz CT molecular complexity index is 408. The quantitative estimate of drug-likeness (QED) is 0.105. The highest BCUT2D eigenvalue weighted by Gasteiger charge is 1.94. The molecule has 0 atom stereocenters. The van der Waals surface area contributed by atoms with Gasteiger partial charge in [-0.3, -0.25) is 0 Å². The summed E-state index contributed by atoms with van der Waals surface area (Å²) < 4.78 is 0. The summed E-state index contributed by atoms with van der Waals surface area (Å²) in [6, 6.07) is 0. The standard InChI is InChI=1S/C19H40.2C4H6O2.C2H6O2/c1-3-5-7-9-11-13-15-17-19-18-16-14-12-10-8-6-4-2;2*1-3(2)4(5)6;3-1-2-4/h3-19H2,1-2H3;2*1H2,2H3,(H,5,6);3-4H,1-2H2. The van der Waals surface area contributed by atoms with Gasteiger partial charge in [0.2, 0.25) is 0 Å². The lowest BCUT2D eigenvalue weighted by Gasteiger charge is -2.03. The summed E-state index contributed by atoms with van der Waals surface area (Å²) in [6.07, 6.45) is 24.9. The SMILES string of the molecule is C=C(C)C(=O)O.C=C(C)C(=O)O.CCCCCCCCCCCCCCCCCCC.OCCO. The van der Waals surface area contributed by atoms with Gasteiger partial charge < -0.3 is 20.4 Å². The Morgan fingerprint density at radius 1 is 0.486 bits per heavy atom. The number of hydrogen-bond donors (Lipinski definition) is 4. The van der Waals surface area contributed by atoms with Gasteiger partial charge in [0.05, 0.1) is 13.2 Å². The molecule has 0 heterocycles. The summed E-state index contributed by atoms with van der Waals surface area (Å²) in [6.45, 7) is 13.5. The highest BCUT2D eigenvalue weighted by molar-refractivity contribution is 5.85. The molecule has 0 aromatic rings. The van der Waals surface area contributed by atoms with E-state index in [1.54, 1.807) is 0 Å². The second-order valence-corrected chi connectivity index (χ2v) is 8.92. The fourth-order valence-electron chi connectivity index (χ4n) is 2.80. The lowest BCUT2D eigenvalue weighted by Crippen LogP contribution is -1.92. The van der Waals surface area contributed by atoms with Gasteiger partial charge in [0.25, 0.3) is 0 Å². The molecule has 35 heavy (non-hydrogen) atoms. The van der Waals surface area contributed by atoms with Crippen LogP contribution in [0.2, 0.25) is 0 Å². The van der Waals surface area contributed by atoms with Crippen molar-refractivity contribution in [3.63, 3.8) is 0 Å². The van der Waals surface area contributed by atoms with Crippen LogP contribution < -0.4 is 0 Å². The Morgan fingerprint density at radius 2 is 0.629 bits per heavy atom. The van der Waals surface area contributed by atoms with Crippen molar-refractivity contribution in [2.45, 2.75) is 137 Å². The molecule has 0 saturated heterocycles. The average Bonchev–Trinajstić information content (AvgIpc) is 2.82. The van der Waals surface area contributed by atoms with Crippen LogP contribution in [0.3, 0.4) is 0 Å². The van der Waals surface area contributed by atoms with Crippen molar-refractivity contribution in [3.8, 4) is 0 Å². The normalized spacial score (nSPS) is 9.43. The fraction of sp³-hybridized carbons (Fsp3) is 0.793. The highest BCUT2D eigenvalue weighted by Crippen LogP contribution is 2.13. The zero-order valence-electron chi connectivity index (χ0n) is 23.5. The summed E-state index contributed by atoms with van der Waals surface area (Å²) in [5.74, 6) is -1.87. The van der Waals surface area contributed by atoms with E-state index >= 15 is 0 Å². The summed E-state index contributed by atoms with van der Waals surface area (Å²) in [7, 11) is 0. The Morgan fingerprint density at radius 3 is 0.714 bits per heavy atom. The van der Waals surface area contributed by atoms with Gasteiger partial charge in [-0.2, -0.15) is 0 Å². The third kappa shape index (κ3) is 54.6. The molecule has 6 nitrogen and oxygen atoms in total. The van der Waals surface area contributed by atoms with Crippen LogP contribution in [0.1, 0.15) is 137 Å². The second kappa shape index (κ2) is 36.9. The van der Waals surface area contributed by atoms with Crippen LogP contribution in [0.4, 0.5) is 0 Å². The molecule has 0 saturated carbocycles. The van der Waals surface area contributed by atoms with Crippen LogP contribution in [-0.2, 0) is 9.59 Å². The van der Waals surface area contributed by atoms with Crippen LogP contribution in [0.15, 0.2) is 24.3 Å². The predicted octanol–water partition coefficient (Wildman–Crippen LogP) is 7.92. The monoisotopic (exact) mass is 502 g/mol. The Hall–Kier alpha value is -1.66. The third-order valence-electron chi connectivity index (χ3n) is 5.04. The molecular formula is C29H58O6. The molecule has 0 aliphatic carbocycles. The lowest BCUT2D eigenvalue weighted by molar-refractivity contribution is -0.133. The molecule has 0 aromatic carbocycles. The van der Waals surface area contributed by atoms with Crippen molar-refractivity contribution < 1.29 is 30.0 Å². The van der Waals surface area contributed by atoms with Crippen LogP contribution in [-0.4, -0.2) is 45.6 Å². The summed E-state index contributed by atoms with van der Waals surface area (Å²) in [4.78, 5) is 19.2. The third-order valence-corrected chi connectivity index (χ3v) is 5.04. The predicted molar refractivity (Wildman–Crippen MR) is 149 cm³/mol. The number of rotatable bonds is 19.